The molecule has 0 saturated heterocycles. The number of nitrogen functional groups attached to an aromatic ring is 1. The quantitative estimate of drug-likeness (QED) is 0.544. The Morgan fingerprint density at radius 2 is 2.29 bits per heavy atom. The van der Waals surface area contributed by atoms with Gasteiger partial charge in [0.2, 0.25) is 5.91 Å². The van der Waals surface area contributed by atoms with E-state index in [2.05, 4.69) is 5.32 Å². The molecule has 1 aromatic rings. The molecule has 1 aromatic carbocycles. The smallest absolute Gasteiger partial charge is 0.239 e. The molecule has 1 heterocycles. The number of fused-ring (bicyclic) bond motifs is 1. The van der Waals surface area contributed by atoms with Crippen LogP contribution in [0, 0.1) is 0 Å². The van der Waals surface area contributed by atoms with Crippen molar-refractivity contribution < 1.29 is 4.79 Å². The van der Waals surface area contributed by atoms with Crippen molar-refractivity contribution in [3.8, 4) is 0 Å². The first kappa shape index (κ1) is 9.02. The van der Waals surface area contributed by atoms with Crippen molar-refractivity contribution in [1.29, 1.82) is 0 Å². The van der Waals surface area contributed by atoms with Crippen LogP contribution in [0.5, 0.6) is 0 Å². The lowest BCUT2D eigenvalue weighted by Crippen LogP contribution is -2.38. The third kappa shape index (κ3) is 1.33. The first-order valence-electron chi connectivity index (χ1n) is 4.60. The number of anilines is 1. The van der Waals surface area contributed by atoms with Crippen LogP contribution in [-0.4, -0.2) is 12.5 Å². The van der Waals surface area contributed by atoms with Gasteiger partial charge >= 0.3 is 0 Å². The van der Waals surface area contributed by atoms with Crippen LogP contribution in [0.1, 0.15) is 17.2 Å². The standard InChI is InChI=1S/C10H13N3O/c11-8-3-1-2-7-6(8)4-5-13-9(7)10(12)14/h1-3,9,13H,4-5,11H2,(H2,12,14)/t9-/m1/s1. The fourth-order valence-electron chi connectivity index (χ4n) is 1.89. The first-order chi connectivity index (χ1) is 6.70. The van der Waals surface area contributed by atoms with Gasteiger partial charge in [-0.1, -0.05) is 12.1 Å². The maximum Gasteiger partial charge on any atom is 0.239 e. The van der Waals surface area contributed by atoms with Crippen molar-refractivity contribution >= 4 is 11.6 Å². The molecule has 1 atom stereocenters. The molecule has 14 heavy (non-hydrogen) atoms. The molecule has 0 aliphatic carbocycles. The van der Waals surface area contributed by atoms with E-state index in [1.54, 1.807) is 0 Å². The third-order valence-corrected chi connectivity index (χ3v) is 2.57. The van der Waals surface area contributed by atoms with E-state index in [-0.39, 0.29) is 11.9 Å². The average molecular weight is 191 g/mol. The first-order valence-corrected chi connectivity index (χ1v) is 4.60. The lowest BCUT2D eigenvalue weighted by Gasteiger charge is -2.25. The molecular formula is C10H13N3O. The van der Waals surface area contributed by atoms with Crippen molar-refractivity contribution in [2.24, 2.45) is 5.73 Å². The Bertz CT molecular complexity index is 376. The van der Waals surface area contributed by atoms with Crippen molar-refractivity contribution in [1.82, 2.24) is 5.32 Å². The lowest BCUT2D eigenvalue weighted by atomic mass is 9.93. The predicted molar refractivity (Wildman–Crippen MR) is 54.5 cm³/mol. The second-order valence-corrected chi connectivity index (χ2v) is 3.45. The molecule has 4 nitrogen and oxygen atoms in total. The molecule has 0 fully saturated rings. The largest absolute Gasteiger partial charge is 0.398 e. The highest BCUT2D eigenvalue weighted by Gasteiger charge is 2.24. The molecule has 0 aromatic heterocycles. The Balaban J connectivity index is 2.49. The van der Waals surface area contributed by atoms with Crippen LogP contribution in [0.15, 0.2) is 18.2 Å². The molecule has 1 aliphatic heterocycles. The fourth-order valence-corrected chi connectivity index (χ4v) is 1.89. The second-order valence-electron chi connectivity index (χ2n) is 3.45. The summed E-state index contributed by atoms with van der Waals surface area (Å²) in [7, 11) is 0. The number of hydrogen-bond acceptors (Lipinski definition) is 3. The van der Waals surface area contributed by atoms with Crippen molar-refractivity contribution in [2.45, 2.75) is 12.5 Å². The van der Waals surface area contributed by atoms with Gasteiger partial charge in [-0.25, -0.2) is 0 Å². The highest BCUT2D eigenvalue weighted by atomic mass is 16.1. The Labute approximate surface area is 82.3 Å². The molecule has 0 spiro atoms. The van der Waals surface area contributed by atoms with Crippen molar-refractivity contribution in [3.05, 3.63) is 29.3 Å². The van der Waals surface area contributed by atoms with Gasteiger partial charge < -0.3 is 16.8 Å². The van der Waals surface area contributed by atoms with Gasteiger partial charge in [-0.2, -0.15) is 0 Å². The molecule has 2 rings (SSSR count). The number of carbonyl (C=O) groups excluding carboxylic acids is 1. The van der Waals surface area contributed by atoms with Crippen LogP contribution in [-0.2, 0) is 11.2 Å². The summed E-state index contributed by atoms with van der Waals surface area (Å²) < 4.78 is 0. The minimum Gasteiger partial charge on any atom is -0.398 e. The van der Waals surface area contributed by atoms with E-state index in [1.165, 1.54) is 0 Å². The highest BCUT2D eigenvalue weighted by molar-refractivity contribution is 5.83. The average Bonchev–Trinajstić information content (AvgIpc) is 2.17. The van der Waals surface area contributed by atoms with E-state index in [9.17, 15) is 4.79 Å². The number of nitrogens with one attached hydrogen (secondary N) is 1. The van der Waals surface area contributed by atoms with Crippen LogP contribution in [0.4, 0.5) is 5.69 Å². The third-order valence-electron chi connectivity index (χ3n) is 2.57. The van der Waals surface area contributed by atoms with Crippen LogP contribution >= 0.6 is 0 Å². The van der Waals surface area contributed by atoms with Crippen LogP contribution < -0.4 is 16.8 Å². The molecule has 5 N–H and O–H groups in total. The molecule has 4 heteroatoms. The Hall–Kier alpha value is -1.55. The number of nitrogens with two attached hydrogens (primary N) is 2. The topological polar surface area (TPSA) is 81.1 Å². The van der Waals surface area contributed by atoms with E-state index >= 15 is 0 Å². The Kier molecular flexibility index (Phi) is 2.13. The maximum absolute atomic E-state index is 11.1. The number of rotatable bonds is 1. The zero-order chi connectivity index (χ0) is 10.1. The fraction of sp³-hybridized carbons (Fsp3) is 0.300. The van der Waals surface area contributed by atoms with E-state index in [1.807, 2.05) is 18.2 Å². The van der Waals surface area contributed by atoms with Gasteiger partial charge in [-0.05, 0) is 23.6 Å². The van der Waals surface area contributed by atoms with E-state index in [0.29, 0.717) is 0 Å². The van der Waals surface area contributed by atoms with Crippen molar-refractivity contribution in [3.63, 3.8) is 0 Å². The van der Waals surface area contributed by atoms with Gasteiger partial charge in [0.1, 0.15) is 6.04 Å². The minimum absolute atomic E-state index is 0.350. The van der Waals surface area contributed by atoms with Gasteiger partial charge in [-0.15, -0.1) is 0 Å². The lowest BCUT2D eigenvalue weighted by molar-refractivity contribution is -0.120. The number of benzene rings is 1. The summed E-state index contributed by atoms with van der Waals surface area (Å²) in [5.74, 6) is -0.350. The van der Waals surface area contributed by atoms with Crippen LogP contribution in [0.25, 0.3) is 0 Å². The summed E-state index contributed by atoms with van der Waals surface area (Å²) >= 11 is 0. The van der Waals surface area contributed by atoms with Gasteiger partial charge in [0, 0.05) is 12.2 Å². The zero-order valence-electron chi connectivity index (χ0n) is 7.79. The molecule has 1 aliphatic rings. The predicted octanol–water partition coefficient (Wildman–Crippen LogP) is -0.0591. The molecule has 0 radical (unpaired) electrons. The summed E-state index contributed by atoms with van der Waals surface area (Å²) in [5.41, 5.74) is 13.8. The number of carbonyl (C=O) groups is 1. The Morgan fingerprint density at radius 3 is 3.00 bits per heavy atom. The monoisotopic (exact) mass is 191 g/mol. The molecule has 0 saturated carbocycles. The van der Waals surface area contributed by atoms with Gasteiger partial charge in [-0.3, -0.25) is 4.79 Å². The number of hydrogen-bond donors (Lipinski definition) is 3. The zero-order valence-corrected chi connectivity index (χ0v) is 7.79. The van der Waals surface area contributed by atoms with Gasteiger partial charge in [0.25, 0.3) is 0 Å². The molecule has 1 amide bonds. The number of amides is 1. The summed E-state index contributed by atoms with van der Waals surface area (Å²) in [6.07, 6.45) is 0.853. The molecule has 0 unspecified atom stereocenters. The summed E-state index contributed by atoms with van der Waals surface area (Å²) in [4.78, 5) is 11.1. The normalized spacial score (nSPS) is 20.1. The Morgan fingerprint density at radius 1 is 1.50 bits per heavy atom. The summed E-state index contributed by atoms with van der Waals surface area (Å²) in [6, 6.07) is 5.20. The summed E-state index contributed by atoms with van der Waals surface area (Å²) in [5, 5.41) is 3.07. The van der Waals surface area contributed by atoms with E-state index in [0.717, 1.165) is 29.8 Å². The molecular weight excluding hydrogens is 178 g/mol. The van der Waals surface area contributed by atoms with Gasteiger partial charge in [0.05, 0.1) is 0 Å². The maximum atomic E-state index is 11.1. The van der Waals surface area contributed by atoms with Gasteiger partial charge in [0.15, 0.2) is 0 Å². The second kappa shape index (κ2) is 3.31. The van der Waals surface area contributed by atoms with Crippen LogP contribution in [0.3, 0.4) is 0 Å². The minimum atomic E-state index is -0.387. The number of primary amides is 1. The van der Waals surface area contributed by atoms with E-state index < -0.39 is 0 Å². The van der Waals surface area contributed by atoms with E-state index in [4.69, 9.17) is 11.5 Å². The van der Waals surface area contributed by atoms with Crippen LogP contribution in [0.2, 0.25) is 0 Å². The summed E-state index contributed by atoms with van der Waals surface area (Å²) in [6.45, 7) is 0.745. The highest BCUT2D eigenvalue weighted by Crippen LogP contribution is 2.26. The SMILES string of the molecule is NC(=O)[C@@H]1NCCc2c(N)cccc21. The van der Waals surface area contributed by atoms with Crippen molar-refractivity contribution in [2.75, 3.05) is 12.3 Å². The molecule has 0 bridgehead atoms. The molecule has 74 valence electrons.